The van der Waals surface area contributed by atoms with Crippen molar-refractivity contribution in [3.63, 3.8) is 0 Å². The van der Waals surface area contributed by atoms with E-state index in [2.05, 4.69) is 72.0 Å². The molecule has 118 heavy (non-hydrogen) atoms. The molecular formula is C75H107N17O26. The van der Waals surface area contributed by atoms with E-state index < -0.39 is 261 Å². The third kappa shape index (κ3) is 33.6. The molecule has 0 saturated carbocycles. The third-order valence-corrected chi connectivity index (χ3v) is 18.9. The number of anilines is 1. The second-order valence-corrected chi connectivity index (χ2v) is 28.6. The van der Waals surface area contributed by atoms with Crippen molar-refractivity contribution < 1.29 is 126 Å². The molecule has 0 radical (unpaired) electrons. The van der Waals surface area contributed by atoms with Crippen LogP contribution in [0.25, 0.3) is 10.9 Å². The number of aliphatic hydroxyl groups excluding tert-OH is 1. The van der Waals surface area contributed by atoms with Gasteiger partial charge >= 0.3 is 29.8 Å². The van der Waals surface area contributed by atoms with E-state index in [0.29, 0.717) is 35.2 Å². The Bertz CT molecular complexity index is 4120. The predicted molar refractivity (Wildman–Crippen MR) is 414 cm³/mol. The Morgan fingerprint density at radius 2 is 1.09 bits per heavy atom. The smallest absolute Gasteiger partial charge is 0.329 e. The molecule has 0 aliphatic carbocycles. The van der Waals surface area contributed by atoms with Crippen molar-refractivity contribution in [1.82, 2.24) is 74.1 Å². The van der Waals surface area contributed by atoms with Crippen molar-refractivity contribution in [2.24, 2.45) is 23.3 Å². The zero-order valence-corrected chi connectivity index (χ0v) is 65.9. The number of aliphatic hydroxyl groups is 1. The first kappa shape index (κ1) is 97.7. The van der Waals surface area contributed by atoms with Gasteiger partial charge in [-0.3, -0.25) is 91.1 Å². The number of nitrogens with one attached hydrogen (secondary N) is 14. The van der Waals surface area contributed by atoms with E-state index in [0.717, 1.165) is 59.3 Å². The van der Waals surface area contributed by atoms with Gasteiger partial charge in [0.15, 0.2) is 5.78 Å². The van der Waals surface area contributed by atoms with Gasteiger partial charge in [-0.1, -0.05) is 96.0 Å². The lowest BCUT2D eigenvalue weighted by molar-refractivity contribution is -0.156. The number of primary amides is 1. The van der Waals surface area contributed by atoms with E-state index >= 15 is 0 Å². The number of carbonyl (C=O) groups is 20. The summed E-state index contributed by atoms with van der Waals surface area (Å²) in [5.74, 6) is -29.1. The Labute approximate surface area is 676 Å². The molecule has 648 valence electrons. The molecule has 2 aromatic carbocycles. The van der Waals surface area contributed by atoms with Crippen LogP contribution in [0.1, 0.15) is 160 Å². The minimum Gasteiger partial charge on any atom is -0.481 e. The van der Waals surface area contributed by atoms with Gasteiger partial charge in [-0.25, -0.2) is 4.79 Å². The van der Waals surface area contributed by atoms with Crippen LogP contribution >= 0.6 is 0 Å². The molecule has 1 aliphatic heterocycles. The summed E-state index contributed by atoms with van der Waals surface area (Å²) in [4.78, 5) is 277. The first-order valence-corrected chi connectivity index (χ1v) is 38.2. The average Bonchev–Trinajstić information content (AvgIpc) is 1.69. The van der Waals surface area contributed by atoms with Gasteiger partial charge in [0.2, 0.25) is 82.7 Å². The number of aromatic amines is 1. The van der Waals surface area contributed by atoms with Gasteiger partial charge in [-0.15, -0.1) is 0 Å². The van der Waals surface area contributed by atoms with Crippen molar-refractivity contribution in [2.45, 2.75) is 223 Å². The molecule has 1 aliphatic rings. The number of nitrogen functional groups attached to an aromatic ring is 1. The molecule has 14 atom stereocenters. The first-order valence-electron chi connectivity index (χ1n) is 38.2. The van der Waals surface area contributed by atoms with Gasteiger partial charge in [0, 0.05) is 47.6 Å². The number of amides is 14. The van der Waals surface area contributed by atoms with Crippen LogP contribution in [0.5, 0.6) is 0 Å². The van der Waals surface area contributed by atoms with Crippen molar-refractivity contribution in [3.8, 4) is 0 Å². The molecular weight excluding hydrogens is 1550 g/mol. The first-order chi connectivity index (χ1) is 55.7. The van der Waals surface area contributed by atoms with E-state index in [1.54, 1.807) is 30.5 Å². The fraction of sp³-hybridized carbons (Fsp3) is 0.547. The monoisotopic (exact) mass is 1660 g/mol. The Morgan fingerprint density at radius 1 is 0.551 bits per heavy atom. The summed E-state index contributed by atoms with van der Waals surface area (Å²) < 4.78 is 5.69. The lowest BCUT2D eigenvalue weighted by Crippen LogP contribution is -2.62. The number of carbonyl (C=O) groups excluding carboxylic acids is 16. The maximum atomic E-state index is 14.9. The summed E-state index contributed by atoms with van der Waals surface area (Å²) in [6.45, 7) is 3.37. The standard InChI is InChI=1S/C75H107N17O26/c1-6-37(2)18-11-9-7-8-10-12-24-56(96)84-47(27-41-33-79-45-22-16-14-19-42(41)45)69(111)87-48(29-55(78)95)70(112)89-51(32-62(105)106)71(113)92-64-40(5)118-75(117)52(28-54(94)43-20-13-15-21-44(43)77)90-74(116)63(38(3)26-59(99)100)91-72(114)53(36-93)85-58(98)34-80-66(108)49(30-60(101)102)86-65(107)39(4)82-68(110)50(31-61(103)104)88-67(109)46(23-17-25-76)83-57(97)35-81-73(64)115/h13-16,19-22,33,37-40,46-53,63-64,79,93H,6-12,17-18,23-32,34-36,76-77H2,1-5H3,(H2,78,95)(H,80,108)(H,81,115)(H,82,110)(H,83,97)(H,84,96)(H,85,98)(H,86,107)(H,87,111)(H,88,109)(H,89,112)(H,90,116)(H,91,114)(H,92,113)(H,99,100)(H,101,102)(H,103,104)(H,105,106)/t37?,38-,39-,40?,46+,47+,48-,49+,50?,51+,52+,53-,63?,64?/m1/s1. The molecule has 25 N–H and O–H groups in total. The van der Waals surface area contributed by atoms with Crippen molar-refractivity contribution in [2.75, 3.05) is 32.0 Å². The summed E-state index contributed by atoms with van der Waals surface area (Å²) in [6.07, 6.45) is -1.15. The minimum atomic E-state index is -2.45. The van der Waals surface area contributed by atoms with E-state index in [1.807, 2.05) is 16.0 Å². The predicted octanol–water partition coefficient (Wildman–Crippen LogP) is -4.60. The Morgan fingerprint density at radius 3 is 1.69 bits per heavy atom. The van der Waals surface area contributed by atoms with Crippen LogP contribution in [-0.4, -0.2) is 248 Å². The number of hydrogen-bond donors (Lipinski definition) is 22. The molecule has 0 bridgehead atoms. The zero-order chi connectivity index (χ0) is 88.0. The number of para-hydroxylation sites is 2. The number of hydrogen-bond acceptors (Lipinski definition) is 24. The summed E-state index contributed by atoms with van der Waals surface area (Å²) in [5, 5.41) is 78.8. The highest BCUT2D eigenvalue weighted by molar-refractivity contribution is 6.05. The second kappa shape index (κ2) is 49.3. The van der Waals surface area contributed by atoms with Crippen LogP contribution in [0.2, 0.25) is 0 Å². The molecule has 0 spiro atoms. The van der Waals surface area contributed by atoms with Gasteiger partial charge in [0.05, 0.1) is 51.8 Å². The number of fused-ring (bicyclic) bond motifs is 1. The van der Waals surface area contributed by atoms with Gasteiger partial charge in [0.1, 0.15) is 72.6 Å². The van der Waals surface area contributed by atoms with Gasteiger partial charge < -0.3 is 122 Å². The lowest BCUT2D eigenvalue weighted by atomic mass is 9.96. The number of esters is 1. The maximum Gasteiger partial charge on any atom is 0.329 e. The van der Waals surface area contributed by atoms with Gasteiger partial charge in [-0.2, -0.15) is 0 Å². The molecule has 14 amide bonds. The summed E-state index contributed by atoms with van der Waals surface area (Å²) >= 11 is 0. The Balaban J connectivity index is 1.86. The van der Waals surface area contributed by atoms with Crippen LogP contribution in [0, 0.1) is 11.8 Å². The minimum absolute atomic E-state index is 0.0195. The number of unbranched alkanes of at least 4 members (excludes halogenated alkanes) is 5. The molecule has 3 aromatic rings. The summed E-state index contributed by atoms with van der Waals surface area (Å²) in [6, 6.07) is -10.5. The van der Waals surface area contributed by atoms with Crippen molar-refractivity contribution in [1.29, 1.82) is 0 Å². The number of Topliss-reactive ketones (excluding diaryl/α,β-unsaturated/α-hetero) is 1. The molecule has 1 fully saturated rings. The summed E-state index contributed by atoms with van der Waals surface area (Å²) in [5.41, 5.74) is 18.1. The molecule has 2 heterocycles. The molecule has 1 saturated heterocycles. The molecule has 4 rings (SSSR count). The Hall–Kier alpha value is -12.7. The van der Waals surface area contributed by atoms with Crippen LogP contribution in [-0.2, 0) is 102 Å². The number of aromatic nitrogens is 1. The SMILES string of the molecule is CCC(C)CCCCCCCCC(=O)N[C@@H](Cc1c[nH]c2ccccc12)C(=O)N[C@H](CC(N)=O)C(=O)N[C@@H](CC(=O)O)C(=O)NC1C(=O)NCC(=O)N[C@@H](CCCN)C(=O)NC(CC(=O)O)C(=O)N[C@H](C)C(=O)N[C@@H](CC(=O)O)C(=O)NCC(=O)N[C@H](CO)C(=O)NC([C@H](C)CC(=O)O)C(=O)N[C@@H](CC(=O)c2ccccc2N)C(=O)OC1C. The van der Waals surface area contributed by atoms with Crippen molar-refractivity contribution in [3.05, 3.63) is 65.9 Å². The van der Waals surface area contributed by atoms with E-state index in [-0.39, 0.29) is 37.1 Å². The van der Waals surface area contributed by atoms with Gasteiger partial charge in [0.25, 0.3) is 0 Å². The van der Waals surface area contributed by atoms with Gasteiger partial charge in [-0.05, 0) is 75.3 Å². The van der Waals surface area contributed by atoms with Crippen LogP contribution in [0.4, 0.5) is 5.69 Å². The average molecular weight is 1660 g/mol. The third-order valence-electron chi connectivity index (χ3n) is 18.9. The van der Waals surface area contributed by atoms with Crippen LogP contribution in [0.15, 0.2) is 54.7 Å². The number of carboxylic acids is 4. The van der Waals surface area contributed by atoms with E-state index in [9.17, 15) is 121 Å². The number of H-pyrrole nitrogens is 1. The number of ketones is 1. The number of rotatable bonds is 37. The maximum absolute atomic E-state index is 14.9. The second-order valence-electron chi connectivity index (χ2n) is 28.6. The van der Waals surface area contributed by atoms with Crippen molar-refractivity contribution >= 4 is 135 Å². The number of aliphatic carboxylic acids is 4. The molecule has 5 unspecified atom stereocenters. The van der Waals surface area contributed by atoms with E-state index in [1.165, 1.54) is 24.3 Å². The van der Waals surface area contributed by atoms with Crippen LogP contribution < -0.4 is 86.3 Å². The molecule has 1 aromatic heterocycles. The summed E-state index contributed by atoms with van der Waals surface area (Å²) in [7, 11) is 0. The zero-order valence-electron chi connectivity index (χ0n) is 65.9. The number of benzene rings is 2. The normalized spacial score (nSPS) is 21.2. The quantitative estimate of drug-likeness (QED) is 0.0112. The highest BCUT2D eigenvalue weighted by Gasteiger charge is 2.41. The number of cyclic esters (lactones) is 1. The lowest BCUT2D eigenvalue weighted by Gasteiger charge is -2.30. The Kier molecular flexibility index (Phi) is 40.8. The van der Waals surface area contributed by atoms with Crippen LogP contribution in [0.3, 0.4) is 0 Å². The number of carboxylic acid groups (broad SMARTS) is 4. The fourth-order valence-corrected chi connectivity index (χ4v) is 12.2. The highest BCUT2D eigenvalue weighted by Crippen LogP contribution is 2.22. The van der Waals surface area contributed by atoms with E-state index in [4.69, 9.17) is 21.9 Å². The number of ether oxygens (including phenoxy) is 1. The molecule has 43 heteroatoms. The number of nitrogens with two attached hydrogens (primary N) is 3. The topological polar surface area (TPSA) is 702 Å². The highest BCUT2D eigenvalue weighted by atomic mass is 16.5. The molecule has 43 nitrogen and oxygen atoms in total. The fourth-order valence-electron chi connectivity index (χ4n) is 12.2. The largest absolute Gasteiger partial charge is 0.481 e.